The van der Waals surface area contributed by atoms with Gasteiger partial charge < -0.3 is 10.2 Å². The Balaban J connectivity index is 1.29. The van der Waals surface area contributed by atoms with Gasteiger partial charge in [0.25, 0.3) is 0 Å². The Kier molecular flexibility index (Phi) is 6.69. The van der Waals surface area contributed by atoms with E-state index in [0.29, 0.717) is 31.6 Å². The molecule has 2 aromatic rings. The van der Waals surface area contributed by atoms with Gasteiger partial charge in [0.2, 0.25) is 11.8 Å². The second-order valence-electron chi connectivity index (χ2n) is 9.15. The van der Waals surface area contributed by atoms with Crippen molar-refractivity contribution in [3.63, 3.8) is 0 Å². The highest BCUT2D eigenvalue weighted by Gasteiger charge is 2.38. The maximum Gasteiger partial charge on any atom is 0.222 e. The zero-order chi connectivity index (χ0) is 21.7. The van der Waals surface area contributed by atoms with Gasteiger partial charge in [-0.1, -0.05) is 42.5 Å². The van der Waals surface area contributed by atoms with E-state index in [9.17, 15) is 14.0 Å². The van der Waals surface area contributed by atoms with Crippen LogP contribution in [0.3, 0.4) is 0 Å². The van der Waals surface area contributed by atoms with Gasteiger partial charge in [0.15, 0.2) is 0 Å². The van der Waals surface area contributed by atoms with E-state index >= 15 is 0 Å². The SMILES string of the molecule is O=C1CCC(CCC(=O)N2CCC(Cc3ccccc3)CC2)(Cc2ccc(F)cc2)N1. The summed E-state index contributed by atoms with van der Waals surface area (Å²) in [5.74, 6) is 0.582. The molecule has 0 bridgehead atoms. The molecule has 2 saturated heterocycles. The minimum Gasteiger partial charge on any atom is -0.350 e. The maximum absolute atomic E-state index is 13.2. The molecule has 0 spiro atoms. The molecule has 1 unspecified atom stereocenters. The molecule has 1 N–H and O–H groups in total. The molecule has 5 heteroatoms. The molecule has 2 amide bonds. The van der Waals surface area contributed by atoms with Crippen molar-refractivity contribution < 1.29 is 14.0 Å². The Labute approximate surface area is 183 Å². The fourth-order valence-corrected chi connectivity index (χ4v) is 5.01. The molecule has 1 atom stereocenters. The average molecular weight is 423 g/mol. The van der Waals surface area contributed by atoms with Crippen molar-refractivity contribution in [2.24, 2.45) is 5.92 Å². The van der Waals surface area contributed by atoms with E-state index in [0.717, 1.165) is 44.3 Å². The van der Waals surface area contributed by atoms with Crippen LogP contribution in [0.2, 0.25) is 0 Å². The van der Waals surface area contributed by atoms with E-state index in [4.69, 9.17) is 0 Å². The largest absolute Gasteiger partial charge is 0.350 e. The fraction of sp³-hybridized carbons (Fsp3) is 0.462. The molecule has 2 aliphatic rings. The van der Waals surface area contributed by atoms with Crippen molar-refractivity contribution in [2.45, 2.75) is 56.9 Å². The molecular formula is C26H31FN2O2. The molecule has 0 saturated carbocycles. The van der Waals surface area contributed by atoms with E-state index < -0.39 is 5.54 Å². The monoisotopic (exact) mass is 422 g/mol. The summed E-state index contributed by atoms with van der Waals surface area (Å²) >= 11 is 0. The van der Waals surface area contributed by atoms with Crippen molar-refractivity contribution in [2.75, 3.05) is 13.1 Å². The van der Waals surface area contributed by atoms with Crippen LogP contribution in [0.5, 0.6) is 0 Å². The van der Waals surface area contributed by atoms with E-state index in [2.05, 4.69) is 29.6 Å². The maximum atomic E-state index is 13.2. The molecule has 2 aromatic carbocycles. The molecule has 2 aliphatic heterocycles. The Bertz CT molecular complexity index is 891. The zero-order valence-electron chi connectivity index (χ0n) is 18.0. The van der Waals surface area contributed by atoms with Crippen LogP contribution in [-0.4, -0.2) is 35.3 Å². The number of carbonyl (C=O) groups is 2. The number of carbonyl (C=O) groups excluding carboxylic acids is 2. The lowest BCUT2D eigenvalue weighted by Crippen LogP contribution is -2.45. The molecule has 31 heavy (non-hydrogen) atoms. The molecule has 164 valence electrons. The Hall–Kier alpha value is -2.69. The van der Waals surface area contributed by atoms with Crippen LogP contribution in [0.4, 0.5) is 4.39 Å². The van der Waals surface area contributed by atoms with Crippen LogP contribution >= 0.6 is 0 Å². The smallest absolute Gasteiger partial charge is 0.222 e. The van der Waals surface area contributed by atoms with Gasteiger partial charge in [-0.05, 0) is 67.7 Å². The van der Waals surface area contributed by atoms with Gasteiger partial charge in [0.1, 0.15) is 5.82 Å². The van der Waals surface area contributed by atoms with E-state index in [1.165, 1.54) is 17.7 Å². The van der Waals surface area contributed by atoms with Crippen molar-refractivity contribution in [1.29, 1.82) is 0 Å². The minimum absolute atomic E-state index is 0.0382. The van der Waals surface area contributed by atoms with Crippen LogP contribution in [-0.2, 0) is 22.4 Å². The summed E-state index contributed by atoms with van der Waals surface area (Å²) in [5, 5.41) is 3.12. The molecule has 2 heterocycles. The highest BCUT2D eigenvalue weighted by Crippen LogP contribution is 2.30. The number of nitrogens with one attached hydrogen (secondary N) is 1. The quantitative estimate of drug-likeness (QED) is 0.724. The van der Waals surface area contributed by atoms with Crippen LogP contribution in [0, 0.1) is 11.7 Å². The van der Waals surface area contributed by atoms with Gasteiger partial charge in [0.05, 0.1) is 0 Å². The Morgan fingerprint density at radius 3 is 2.39 bits per heavy atom. The van der Waals surface area contributed by atoms with Crippen molar-refractivity contribution in [1.82, 2.24) is 10.2 Å². The molecule has 0 radical (unpaired) electrons. The number of nitrogens with zero attached hydrogens (tertiary/aromatic N) is 1. The third-order valence-electron chi connectivity index (χ3n) is 6.84. The molecule has 4 nitrogen and oxygen atoms in total. The van der Waals surface area contributed by atoms with Gasteiger partial charge in [-0.25, -0.2) is 4.39 Å². The van der Waals surface area contributed by atoms with Gasteiger partial charge in [0, 0.05) is 31.5 Å². The van der Waals surface area contributed by atoms with Crippen LogP contribution in [0.1, 0.15) is 49.7 Å². The third-order valence-corrected chi connectivity index (χ3v) is 6.84. The van der Waals surface area contributed by atoms with Gasteiger partial charge in [-0.2, -0.15) is 0 Å². The van der Waals surface area contributed by atoms with E-state index in [-0.39, 0.29) is 17.6 Å². The molecule has 0 aromatic heterocycles. The number of amides is 2. The summed E-state index contributed by atoms with van der Waals surface area (Å²) in [6.07, 6.45) is 6.05. The number of benzene rings is 2. The number of halogens is 1. The average Bonchev–Trinajstić information content (AvgIpc) is 3.15. The lowest BCUT2D eigenvalue weighted by Gasteiger charge is -2.34. The molecular weight excluding hydrogens is 391 g/mol. The normalized spacial score (nSPS) is 21.8. The standard InChI is InChI=1S/C26H31FN2O2/c27-23-8-6-22(7-9-23)19-26(14-10-24(30)28-26)15-11-25(31)29-16-12-21(13-17-29)18-20-4-2-1-3-5-20/h1-9,21H,10-19H2,(H,28,30). The first-order chi connectivity index (χ1) is 15.0. The third kappa shape index (κ3) is 5.72. The number of rotatable bonds is 7. The number of likely N-dealkylation sites (tertiary alicyclic amines) is 1. The first kappa shape index (κ1) is 21.5. The van der Waals surface area contributed by atoms with Crippen molar-refractivity contribution in [3.05, 3.63) is 71.5 Å². The number of piperidine rings is 1. The van der Waals surface area contributed by atoms with E-state index in [1.807, 2.05) is 11.0 Å². The van der Waals surface area contributed by atoms with Gasteiger partial charge in [-0.15, -0.1) is 0 Å². The molecule has 4 rings (SSSR count). The van der Waals surface area contributed by atoms with Crippen LogP contribution in [0.15, 0.2) is 54.6 Å². The lowest BCUT2D eigenvalue weighted by molar-refractivity contribution is -0.133. The second-order valence-corrected chi connectivity index (χ2v) is 9.15. The Morgan fingerprint density at radius 1 is 1.03 bits per heavy atom. The number of hydrogen-bond donors (Lipinski definition) is 1. The summed E-state index contributed by atoms with van der Waals surface area (Å²) in [5.41, 5.74) is 1.95. The second kappa shape index (κ2) is 9.63. The fourth-order valence-electron chi connectivity index (χ4n) is 5.01. The van der Waals surface area contributed by atoms with E-state index in [1.54, 1.807) is 12.1 Å². The van der Waals surface area contributed by atoms with Crippen molar-refractivity contribution in [3.8, 4) is 0 Å². The Morgan fingerprint density at radius 2 is 1.74 bits per heavy atom. The highest BCUT2D eigenvalue weighted by molar-refractivity contribution is 5.80. The molecule has 0 aliphatic carbocycles. The van der Waals surface area contributed by atoms with Crippen molar-refractivity contribution >= 4 is 11.8 Å². The summed E-state index contributed by atoms with van der Waals surface area (Å²) in [4.78, 5) is 26.9. The lowest BCUT2D eigenvalue weighted by atomic mass is 9.84. The summed E-state index contributed by atoms with van der Waals surface area (Å²) in [6.45, 7) is 1.63. The summed E-state index contributed by atoms with van der Waals surface area (Å²) < 4.78 is 13.2. The topological polar surface area (TPSA) is 49.4 Å². The van der Waals surface area contributed by atoms with Crippen LogP contribution in [0.25, 0.3) is 0 Å². The number of hydrogen-bond acceptors (Lipinski definition) is 2. The van der Waals surface area contributed by atoms with Crippen LogP contribution < -0.4 is 5.32 Å². The highest BCUT2D eigenvalue weighted by atomic mass is 19.1. The molecule has 2 fully saturated rings. The summed E-state index contributed by atoms with van der Waals surface area (Å²) in [7, 11) is 0. The van der Waals surface area contributed by atoms with Gasteiger partial charge in [-0.3, -0.25) is 9.59 Å². The first-order valence-corrected chi connectivity index (χ1v) is 11.4. The minimum atomic E-state index is -0.407. The predicted octanol–water partition coefficient (Wildman–Crippen LogP) is 4.28. The predicted molar refractivity (Wildman–Crippen MR) is 119 cm³/mol. The zero-order valence-corrected chi connectivity index (χ0v) is 18.0. The first-order valence-electron chi connectivity index (χ1n) is 11.4. The summed E-state index contributed by atoms with van der Waals surface area (Å²) in [6, 6.07) is 17.0. The van der Waals surface area contributed by atoms with Gasteiger partial charge >= 0.3 is 0 Å².